The monoisotopic (exact) mass is 362 g/mol. The number of para-hydroxylation sites is 1. The largest absolute Gasteiger partial charge is 0.339 e. The van der Waals surface area contributed by atoms with Crippen molar-refractivity contribution in [1.82, 2.24) is 14.7 Å². The zero-order valence-corrected chi connectivity index (χ0v) is 15.4. The lowest BCUT2D eigenvalue weighted by Crippen LogP contribution is -2.30. The molecule has 3 rings (SSSR count). The summed E-state index contributed by atoms with van der Waals surface area (Å²) in [6, 6.07) is 18.2. The number of hydrogen-bond donors (Lipinski definition) is 1. The van der Waals surface area contributed by atoms with E-state index < -0.39 is 0 Å². The smallest absolute Gasteiger partial charge is 0.276 e. The molecule has 1 heterocycles. The van der Waals surface area contributed by atoms with Crippen LogP contribution < -0.4 is 5.32 Å². The SMILES string of the molecule is CCN(CC)C(=O)c1cccc(NC(=O)c2ccn(-c3ccccc3)n2)c1. The molecule has 0 aliphatic carbocycles. The molecule has 0 fully saturated rings. The number of hydrogen-bond acceptors (Lipinski definition) is 3. The van der Waals surface area contributed by atoms with Gasteiger partial charge in [0, 0.05) is 30.5 Å². The summed E-state index contributed by atoms with van der Waals surface area (Å²) in [7, 11) is 0. The van der Waals surface area contributed by atoms with E-state index >= 15 is 0 Å². The van der Waals surface area contributed by atoms with Crippen LogP contribution in [0.4, 0.5) is 5.69 Å². The zero-order chi connectivity index (χ0) is 19.2. The van der Waals surface area contributed by atoms with Crippen LogP contribution in [-0.4, -0.2) is 39.6 Å². The number of rotatable bonds is 6. The van der Waals surface area contributed by atoms with Crippen LogP contribution in [0.2, 0.25) is 0 Å². The third kappa shape index (κ3) is 4.23. The number of anilines is 1. The van der Waals surface area contributed by atoms with Gasteiger partial charge in [0.15, 0.2) is 5.69 Å². The lowest BCUT2D eigenvalue weighted by atomic mass is 10.1. The molecule has 3 aromatic rings. The van der Waals surface area contributed by atoms with Gasteiger partial charge in [0.1, 0.15) is 0 Å². The molecule has 6 heteroatoms. The Morgan fingerprint density at radius 3 is 2.44 bits per heavy atom. The van der Waals surface area contributed by atoms with Gasteiger partial charge in [-0.05, 0) is 50.2 Å². The molecule has 0 aliphatic rings. The minimum absolute atomic E-state index is 0.0514. The first-order chi connectivity index (χ1) is 13.1. The molecule has 0 atom stereocenters. The van der Waals surface area contributed by atoms with Gasteiger partial charge in [-0.1, -0.05) is 24.3 Å². The fourth-order valence-corrected chi connectivity index (χ4v) is 2.79. The van der Waals surface area contributed by atoms with Crippen molar-refractivity contribution >= 4 is 17.5 Å². The van der Waals surface area contributed by atoms with E-state index in [4.69, 9.17) is 0 Å². The quantitative estimate of drug-likeness (QED) is 0.728. The van der Waals surface area contributed by atoms with Gasteiger partial charge in [-0.15, -0.1) is 0 Å². The van der Waals surface area contributed by atoms with Crippen molar-refractivity contribution in [1.29, 1.82) is 0 Å². The van der Waals surface area contributed by atoms with E-state index in [0.29, 0.717) is 30.0 Å². The number of nitrogens with one attached hydrogen (secondary N) is 1. The average molecular weight is 362 g/mol. The Labute approximate surface area is 158 Å². The molecule has 0 saturated heterocycles. The molecule has 0 spiro atoms. The fraction of sp³-hybridized carbons (Fsp3) is 0.190. The van der Waals surface area contributed by atoms with Crippen LogP contribution >= 0.6 is 0 Å². The summed E-state index contributed by atoms with van der Waals surface area (Å²) in [6.45, 7) is 5.16. The number of benzene rings is 2. The summed E-state index contributed by atoms with van der Waals surface area (Å²) >= 11 is 0. The molecule has 0 radical (unpaired) electrons. The maximum atomic E-state index is 12.5. The summed E-state index contributed by atoms with van der Waals surface area (Å²) in [5.74, 6) is -0.374. The van der Waals surface area contributed by atoms with Crippen LogP contribution in [0, 0.1) is 0 Å². The van der Waals surface area contributed by atoms with Gasteiger partial charge >= 0.3 is 0 Å². The lowest BCUT2D eigenvalue weighted by Gasteiger charge is -2.18. The van der Waals surface area contributed by atoms with Crippen molar-refractivity contribution in [2.24, 2.45) is 0 Å². The first kappa shape index (κ1) is 18.4. The standard InChI is InChI=1S/C21H22N4O2/c1-3-24(4-2)21(27)16-9-8-10-17(15-16)22-20(26)19-13-14-25(23-19)18-11-6-5-7-12-18/h5-15H,3-4H2,1-2H3,(H,22,26). The predicted octanol–water partition coefficient (Wildman–Crippen LogP) is 3.61. The molecular formula is C21H22N4O2. The highest BCUT2D eigenvalue weighted by Crippen LogP contribution is 2.14. The van der Waals surface area contributed by atoms with Gasteiger partial charge in [-0.25, -0.2) is 4.68 Å². The molecule has 0 bridgehead atoms. The van der Waals surface area contributed by atoms with Crippen molar-refractivity contribution in [3.05, 3.63) is 78.1 Å². The predicted molar refractivity (Wildman–Crippen MR) is 105 cm³/mol. The second-order valence-electron chi connectivity index (χ2n) is 5.99. The van der Waals surface area contributed by atoms with E-state index in [9.17, 15) is 9.59 Å². The lowest BCUT2D eigenvalue weighted by molar-refractivity contribution is 0.0772. The molecule has 0 aliphatic heterocycles. The van der Waals surface area contributed by atoms with Gasteiger partial charge in [0.25, 0.3) is 11.8 Å². The average Bonchev–Trinajstić information content (AvgIpc) is 3.20. The Balaban J connectivity index is 1.74. The third-order valence-electron chi connectivity index (χ3n) is 4.26. The van der Waals surface area contributed by atoms with Crippen molar-refractivity contribution in [3.63, 3.8) is 0 Å². The summed E-state index contributed by atoms with van der Waals surface area (Å²) in [6.07, 6.45) is 1.74. The van der Waals surface area contributed by atoms with Crippen LogP contribution in [0.5, 0.6) is 0 Å². The Bertz CT molecular complexity index is 930. The van der Waals surface area contributed by atoms with E-state index in [1.54, 1.807) is 46.1 Å². The number of carbonyl (C=O) groups is 2. The number of amides is 2. The maximum Gasteiger partial charge on any atom is 0.276 e. The van der Waals surface area contributed by atoms with Gasteiger partial charge in [-0.2, -0.15) is 5.10 Å². The van der Waals surface area contributed by atoms with E-state index in [2.05, 4.69) is 10.4 Å². The molecule has 1 N–H and O–H groups in total. The third-order valence-corrected chi connectivity index (χ3v) is 4.26. The highest BCUT2D eigenvalue weighted by atomic mass is 16.2. The van der Waals surface area contributed by atoms with E-state index in [1.807, 2.05) is 44.2 Å². The molecule has 0 unspecified atom stereocenters. The van der Waals surface area contributed by atoms with Crippen LogP contribution in [0.25, 0.3) is 5.69 Å². The molecule has 6 nitrogen and oxygen atoms in total. The second kappa shape index (κ2) is 8.31. The van der Waals surface area contributed by atoms with Gasteiger partial charge in [0.2, 0.25) is 0 Å². The fourth-order valence-electron chi connectivity index (χ4n) is 2.79. The molecule has 0 saturated carbocycles. The van der Waals surface area contributed by atoms with Crippen molar-refractivity contribution in [2.75, 3.05) is 18.4 Å². The summed E-state index contributed by atoms with van der Waals surface area (Å²) < 4.78 is 1.65. The topological polar surface area (TPSA) is 67.2 Å². The Morgan fingerprint density at radius 1 is 1.00 bits per heavy atom. The van der Waals surface area contributed by atoms with Gasteiger partial charge in [0.05, 0.1) is 5.69 Å². The second-order valence-corrected chi connectivity index (χ2v) is 5.99. The number of aromatic nitrogens is 2. The van der Waals surface area contributed by atoms with Crippen LogP contribution in [0.1, 0.15) is 34.7 Å². The van der Waals surface area contributed by atoms with E-state index in [1.165, 1.54) is 0 Å². The normalized spacial score (nSPS) is 10.4. The van der Waals surface area contributed by atoms with Gasteiger partial charge < -0.3 is 10.2 Å². The molecule has 138 valence electrons. The highest BCUT2D eigenvalue weighted by Gasteiger charge is 2.14. The number of nitrogens with zero attached hydrogens (tertiary/aromatic N) is 3. The Kier molecular flexibility index (Phi) is 5.66. The van der Waals surface area contributed by atoms with Crippen LogP contribution in [0.3, 0.4) is 0 Å². The van der Waals surface area contributed by atoms with Crippen LogP contribution in [0.15, 0.2) is 66.9 Å². The van der Waals surface area contributed by atoms with E-state index in [-0.39, 0.29) is 11.8 Å². The van der Waals surface area contributed by atoms with Crippen molar-refractivity contribution in [2.45, 2.75) is 13.8 Å². The molecule has 1 aromatic heterocycles. The minimum Gasteiger partial charge on any atom is -0.339 e. The van der Waals surface area contributed by atoms with Gasteiger partial charge in [-0.3, -0.25) is 9.59 Å². The molecule has 2 amide bonds. The van der Waals surface area contributed by atoms with Crippen LogP contribution in [-0.2, 0) is 0 Å². The summed E-state index contributed by atoms with van der Waals surface area (Å²) in [5.41, 5.74) is 2.29. The maximum absolute atomic E-state index is 12.5. The summed E-state index contributed by atoms with van der Waals surface area (Å²) in [5, 5.41) is 7.13. The number of carbonyl (C=O) groups excluding carboxylic acids is 2. The highest BCUT2D eigenvalue weighted by molar-refractivity contribution is 6.03. The zero-order valence-electron chi connectivity index (χ0n) is 15.4. The van der Waals surface area contributed by atoms with E-state index in [0.717, 1.165) is 5.69 Å². The van der Waals surface area contributed by atoms with Crippen molar-refractivity contribution in [3.8, 4) is 5.69 Å². The Hall–Kier alpha value is -3.41. The first-order valence-corrected chi connectivity index (χ1v) is 8.94. The Morgan fingerprint density at radius 2 is 1.74 bits per heavy atom. The molecule has 27 heavy (non-hydrogen) atoms. The first-order valence-electron chi connectivity index (χ1n) is 8.94. The van der Waals surface area contributed by atoms with Crippen molar-refractivity contribution < 1.29 is 9.59 Å². The summed E-state index contributed by atoms with van der Waals surface area (Å²) in [4.78, 5) is 26.7. The minimum atomic E-state index is -0.322. The molecule has 2 aromatic carbocycles. The molecular weight excluding hydrogens is 340 g/mol.